The lowest BCUT2D eigenvalue weighted by atomic mass is 10.1. The van der Waals surface area contributed by atoms with E-state index in [9.17, 15) is 0 Å². The molecule has 0 spiro atoms. The van der Waals surface area contributed by atoms with E-state index in [0.717, 1.165) is 5.92 Å². The molecular formula is C16H19N. The Bertz CT molecular complexity index is 512. The SMILES string of the molecule is CC1CCC(Nc2cccc3ccccc23)C1. The Morgan fingerprint density at radius 1 is 1.00 bits per heavy atom. The maximum absolute atomic E-state index is 3.71. The van der Waals surface area contributed by atoms with Crippen LogP contribution in [-0.2, 0) is 0 Å². The van der Waals surface area contributed by atoms with Crippen LogP contribution in [0.15, 0.2) is 42.5 Å². The highest BCUT2D eigenvalue weighted by Gasteiger charge is 2.21. The van der Waals surface area contributed by atoms with E-state index >= 15 is 0 Å². The summed E-state index contributed by atoms with van der Waals surface area (Å²) in [6.07, 6.45) is 3.98. The van der Waals surface area contributed by atoms with Crippen molar-refractivity contribution in [2.45, 2.75) is 32.2 Å². The zero-order valence-corrected chi connectivity index (χ0v) is 10.3. The van der Waals surface area contributed by atoms with Gasteiger partial charge in [0.1, 0.15) is 0 Å². The van der Waals surface area contributed by atoms with Crippen LogP contribution in [0.2, 0.25) is 0 Å². The molecule has 0 aromatic heterocycles. The van der Waals surface area contributed by atoms with Crippen molar-refractivity contribution in [2.24, 2.45) is 5.92 Å². The van der Waals surface area contributed by atoms with Crippen LogP contribution in [0.4, 0.5) is 5.69 Å². The van der Waals surface area contributed by atoms with Gasteiger partial charge in [-0.05, 0) is 36.6 Å². The highest BCUT2D eigenvalue weighted by atomic mass is 14.9. The highest BCUT2D eigenvalue weighted by Crippen LogP contribution is 2.30. The van der Waals surface area contributed by atoms with Gasteiger partial charge in [-0.15, -0.1) is 0 Å². The van der Waals surface area contributed by atoms with Crippen molar-refractivity contribution >= 4 is 16.5 Å². The summed E-state index contributed by atoms with van der Waals surface area (Å²) >= 11 is 0. The molecule has 2 unspecified atom stereocenters. The molecule has 2 aromatic rings. The number of benzene rings is 2. The first kappa shape index (κ1) is 10.6. The molecule has 1 nitrogen and oxygen atoms in total. The second kappa shape index (κ2) is 4.40. The Morgan fingerprint density at radius 2 is 1.82 bits per heavy atom. The van der Waals surface area contributed by atoms with Gasteiger partial charge in [0.05, 0.1) is 0 Å². The largest absolute Gasteiger partial charge is 0.382 e. The summed E-state index contributed by atoms with van der Waals surface area (Å²) in [7, 11) is 0. The van der Waals surface area contributed by atoms with Gasteiger partial charge in [0.15, 0.2) is 0 Å². The van der Waals surface area contributed by atoms with E-state index in [1.165, 1.54) is 35.7 Å². The van der Waals surface area contributed by atoms with Crippen LogP contribution in [0.1, 0.15) is 26.2 Å². The molecule has 2 aromatic carbocycles. The monoisotopic (exact) mass is 225 g/mol. The first-order valence-electron chi connectivity index (χ1n) is 6.57. The minimum Gasteiger partial charge on any atom is -0.382 e. The normalized spacial score (nSPS) is 24.1. The molecule has 1 fully saturated rings. The fraction of sp³-hybridized carbons (Fsp3) is 0.375. The Balaban J connectivity index is 1.90. The summed E-state index contributed by atoms with van der Waals surface area (Å²) in [4.78, 5) is 0. The first-order chi connectivity index (χ1) is 8.33. The molecule has 2 atom stereocenters. The lowest BCUT2D eigenvalue weighted by molar-refractivity contribution is 0.603. The lowest BCUT2D eigenvalue weighted by Crippen LogP contribution is -2.15. The smallest absolute Gasteiger partial charge is 0.0422 e. The molecule has 0 amide bonds. The van der Waals surface area contributed by atoms with E-state index in [4.69, 9.17) is 0 Å². The van der Waals surface area contributed by atoms with Crippen LogP contribution in [-0.4, -0.2) is 6.04 Å². The Morgan fingerprint density at radius 3 is 2.65 bits per heavy atom. The summed E-state index contributed by atoms with van der Waals surface area (Å²) < 4.78 is 0. The van der Waals surface area contributed by atoms with E-state index in [1.54, 1.807) is 0 Å². The van der Waals surface area contributed by atoms with Crippen molar-refractivity contribution in [1.29, 1.82) is 0 Å². The van der Waals surface area contributed by atoms with Gasteiger partial charge in [-0.1, -0.05) is 43.3 Å². The average Bonchev–Trinajstić information content (AvgIpc) is 2.75. The van der Waals surface area contributed by atoms with Crippen molar-refractivity contribution in [3.05, 3.63) is 42.5 Å². The van der Waals surface area contributed by atoms with Gasteiger partial charge in [0, 0.05) is 17.1 Å². The molecule has 1 aliphatic carbocycles. The predicted octanol–water partition coefficient (Wildman–Crippen LogP) is 4.44. The van der Waals surface area contributed by atoms with Crippen LogP contribution >= 0.6 is 0 Å². The summed E-state index contributed by atoms with van der Waals surface area (Å²) in [5.74, 6) is 0.877. The molecule has 88 valence electrons. The van der Waals surface area contributed by atoms with Gasteiger partial charge in [0.25, 0.3) is 0 Å². The number of hydrogen-bond acceptors (Lipinski definition) is 1. The summed E-state index contributed by atoms with van der Waals surface area (Å²) in [6, 6.07) is 15.8. The lowest BCUT2D eigenvalue weighted by Gasteiger charge is -2.16. The maximum atomic E-state index is 3.71. The topological polar surface area (TPSA) is 12.0 Å². The number of fused-ring (bicyclic) bond motifs is 1. The van der Waals surface area contributed by atoms with Crippen LogP contribution in [0.5, 0.6) is 0 Å². The molecule has 1 aliphatic rings. The summed E-state index contributed by atoms with van der Waals surface area (Å²) in [6.45, 7) is 2.35. The first-order valence-corrected chi connectivity index (χ1v) is 6.57. The third kappa shape index (κ3) is 2.14. The van der Waals surface area contributed by atoms with Crippen LogP contribution in [0.3, 0.4) is 0 Å². The van der Waals surface area contributed by atoms with Gasteiger partial charge in [-0.2, -0.15) is 0 Å². The van der Waals surface area contributed by atoms with Gasteiger partial charge in [-0.25, -0.2) is 0 Å². The minimum atomic E-state index is 0.663. The Labute approximate surface area is 103 Å². The molecule has 0 bridgehead atoms. The second-order valence-electron chi connectivity index (χ2n) is 5.29. The number of hydrogen-bond donors (Lipinski definition) is 1. The highest BCUT2D eigenvalue weighted by molar-refractivity contribution is 5.93. The molecule has 3 rings (SSSR count). The zero-order chi connectivity index (χ0) is 11.7. The molecular weight excluding hydrogens is 206 g/mol. The average molecular weight is 225 g/mol. The van der Waals surface area contributed by atoms with E-state index in [0.29, 0.717) is 6.04 Å². The second-order valence-corrected chi connectivity index (χ2v) is 5.29. The van der Waals surface area contributed by atoms with Crippen molar-refractivity contribution in [2.75, 3.05) is 5.32 Å². The Kier molecular flexibility index (Phi) is 2.76. The van der Waals surface area contributed by atoms with Crippen molar-refractivity contribution in [3.63, 3.8) is 0 Å². The number of anilines is 1. The van der Waals surface area contributed by atoms with Crippen LogP contribution < -0.4 is 5.32 Å². The maximum Gasteiger partial charge on any atom is 0.0422 e. The van der Waals surface area contributed by atoms with Crippen molar-refractivity contribution < 1.29 is 0 Å². The van der Waals surface area contributed by atoms with E-state index in [1.807, 2.05) is 0 Å². The van der Waals surface area contributed by atoms with E-state index in [2.05, 4.69) is 54.7 Å². The molecule has 1 N–H and O–H groups in total. The molecule has 0 saturated heterocycles. The van der Waals surface area contributed by atoms with Crippen molar-refractivity contribution in [1.82, 2.24) is 0 Å². The van der Waals surface area contributed by atoms with Gasteiger partial charge >= 0.3 is 0 Å². The van der Waals surface area contributed by atoms with Gasteiger partial charge < -0.3 is 5.32 Å². The van der Waals surface area contributed by atoms with E-state index < -0.39 is 0 Å². The van der Waals surface area contributed by atoms with Crippen LogP contribution in [0, 0.1) is 5.92 Å². The third-order valence-electron chi connectivity index (χ3n) is 3.84. The molecule has 1 saturated carbocycles. The fourth-order valence-electron chi connectivity index (χ4n) is 2.91. The van der Waals surface area contributed by atoms with Gasteiger partial charge in [0.2, 0.25) is 0 Å². The molecule has 0 aliphatic heterocycles. The zero-order valence-electron chi connectivity index (χ0n) is 10.3. The third-order valence-corrected chi connectivity index (χ3v) is 3.84. The quantitative estimate of drug-likeness (QED) is 0.796. The summed E-state index contributed by atoms with van der Waals surface area (Å²) in [5.41, 5.74) is 1.29. The molecule has 1 heteroatoms. The van der Waals surface area contributed by atoms with Crippen LogP contribution in [0.25, 0.3) is 10.8 Å². The predicted molar refractivity (Wildman–Crippen MR) is 74.4 cm³/mol. The Hall–Kier alpha value is -1.50. The summed E-state index contributed by atoms with van der Waals surface area (Å²) in [5, 5.41) is 6.38. The van der Waals surface area contributed by atoms with Gasteiger partial charge in [-0.3, -0.25) is 0 Å². The van der Waals surface area contributed by atoms with E-state index in [-0.39, 0.29) is 0 Å². The molecule has 0 radical (unpaired) electrons. The van der Waals surface area contributed by atoms with Crippen molar-refractivity contribution in [3.8, 4) is 0 Å². The molecule has 0 heterocycles. The molecule has 17 heavy (non-hydrogen) atoms. The standard InChI is InChI=1S/C16H19N/c1-12-9-10-14(11-12)17-16-8-4-6-13-5-2-3-7-15(13)16/h2-8,12,14,17H,9-11H2,1H3. The number of rotatable bonds is 2. The number of nitrogens with one attached hydrogen (secondary N) is 1. The minimum absolute atomic E-state index is 0.663. The fourth-order valence-corrected chi connectivity index (χ4v) is 2.91.